The summed E-state index contributed by atoms with van der Waals surface area (Å²) in [7, 11) is 1.37. The van der Waals surface area contributed by atoms with Crippen molar-refractivity contribution in [3.63, 3.8) is 0 Å². The molecule has 2 rings (SSSR count). The third kappa shape index (κ3) is 5.01. The summed E-state index contributed by atoms with van der Waals surface area (Å²) in [4.78, 5) is 37.7. The Kier molecular flexibility index (Phi) is 7.89. The van der Waals surface area contributed by atoms with Gasteiger partial charge in [-0.2, -0.15) is 0 Å². The van der Waals surface area contributed by atoms with Crippen molar-refractivity contribution in [2.45, 2.75) is 20.8 Å². The summed E-state index contributed by atoms with van der Waals surface area (Å²) in [5.41, 5.74) is 0.516. The van der Waals surface area contributed by atoms with E-state index in [1.54, 1.807) is 20.8 Å². The van der Waals surface area contributed by atoms with E-state index in [1.807, 2.05) is 0 Å². The molecule has 1 amide bonds. The Hall–Kier alpha value is -2.29. The number of esters is 2. The average molecular weight is 460 g/mol. The van der Waals surface area contributed by atoms with Gasteiger partial charge in [-0.1, -0.05) is 23.2 Å². The molecule has 0 bridgehead atoms. The maximum absolute atomic E-state index is 12.9. The summed E-state index contributed by atoms with van der Waals surface area (Å²) in [5.74, 6) is -1.74. The van der Waals surface area contributed by atoms with Crippen LogP contribution in [0.25, 0.3) is 0 Å². The minimum absolute atomic E-state index is 0.0727. The van der Waals surface area contributed by atoms with Gasteiger partial charge >= 0.3 is 11.9 Å². The smallest absolute Gasteiger partial charge is 0.348 e. The molecule has 0 unspecified atom stereocenters. The first-order valence-electron chi connectivity index (χ1n) is 8.57. The number of anilines is 1. The molecule has 0 aliphatic carbocycles. The molecule has 0 radical (unpaired) electrons. The number of hydrogen-bond donors (Lipinski definition) is 1. The Balaban J connectivity index is 2.51. The van der Waals surface area contributed by atoms with Gasteiger partial charge in [-0.05, 0) is 38.5 Å². The average Bonchev–Trinajstić information content (AvgIpc) is 2.97. The van der Waals surface area contributed by atoms with E-state index in [2.05, 4.69) is 5.32 Å². The van der Waals surface area contributed by atoms with Gasteiger partial charge in [-0.15, -0.1) is 11.3 Å². The summed E-state index contributed by atoms with van der Waals surface area (Å²) in [5, 5.41) is 3.17. The zero-order valence-electron chi connectivity index (χ0n) is 16.2. The Bertz CT molecular complexity index is 957. The molecule has 10 heteroatoms. The predicted octanol–water partition coefficient (Wildman–Crippen LogP) is 4.98. The van der Waals surface area contributed by atoms with Crippen LogP contribution in [0.3, 0.4) is 0 Å². The van der Waals surface area contributed by atoms with Crippen molar-refractivity contribution in [1.29, 1.82) is 0 Å². The molecule has 0 atom stereocenters. The molecule has 0 saturated carbocycles. The van der Waals surface area contributed by atoms with Gasteiger partial charge < -0.3 is 19.5 Å². The van der Waals surface area contributed by atoms with E-state index in [0.29, 0.717) is 5.56 Å². The number of benzene rings is 1. The molecule has 1 aromatic carbocycles. The fourth-order valence-electron chi connectivity index (χ4n) is 2.55. The third-order valence-corrected chi connectivity index (χ3v) is 5.46. The summed E-state index contributed by atoms with van der Waals surface area (Å²) in [6.07, 6.45) is 0. The van der Waals surface area contributed by atoms with Gasteiger partial charge in [0.05, 0.1) is 36.5 Å². The van der Waals surface area contributed by atoms with Crippen LogP contribution in [0.5, 0.6) is 5.75 Å². The summed E-state index contributed by atoms with van der Waals surface area (Å²) >= 11 is 13.0. The Morgan fingerprint density at radius 3 is 2.28 bits per heavy atom. The highest BCUT2D eigenvalue weighted by molar-refractivity contribution is 7.18. The van der Waals surface area contributed by atoms with Crippen LogP contribution >= 0.6 is 34.5 Å². The van der Waals surface area contributed by atoms with E-state index in [9.17, 15) is 14.4 Å². The number of halogens is 2. The Morgan fingerprint density at radius 1 is 1.07 bits per heavy atom. The van der Waals surface area contributed by atoms with Crippen molar-refractivity contribution in [2.75, 3.05) is 25.6 Å². The van der Waals surface area contributed by atoms with Crippen molar-refractivity contribution in [3.8, 4) is 5.75 Å². The second-order valence-electron chi connectivity index (χ2n) is 5.62. The third-order valence-electron chi connectivity index (χ3n) is 3.77. The molecule has 29 heavy (non-hydrogen) atoms. The van der Waals surface area contributed by atoms with E-state index in [1.165, 1.54) is 19.2 Å². The molecule has 0 spiro atoms. The Labute approximate surface area is 181 Å². The Morgan fingerprint density at radius 2 is 1.69 bits per heavy atom. The molecule has 1 heterocycles. The van der Waals surface area contributed by atoms with Gasteiger partial charge in [0.15, 0.2) is 0 Å². The normalized spacial score (nSPS) is 10.4. The number of methoxy groups -OCH3 is 1. The van der Waals surface area contributed by atoms with Gasteiger partial charge in [0.1, 0.15) is 15.6 Å². The quantitative estimate of drug-likeness (QED) is 0.587. The van der Waals surface area contributed by atoms with Crippen LogP contribution in [0, 0.1) is 6.92 Å². The van der Waals surface area contributed by atoms with Gasteiger partial charge in [0, 0.05) is 5.02 Å². The second kappa shape index (κ2) is 9.96. The fraction of sp³-hybridized carbons (Fsp3) is 0.316. The van der Waals surface area contributed by atoms with Gasteiger partial charge in [0.2, 0.25) is 0 Å². The number of carbonyl (C=O) groups is 3. The standard InChI is InChI=1S/C19H19Cl2NO6S/c1-5-27-18(24)13-9(3)15(19(25)28-6-2)29-17(13)22-16(23)11-7-10(20)8-12(21)14(11)26-4/h7-8H,5-6H2,1-4H3,(H,22,23). The number of carbonyl (C=O) groups excluding carboxylic acids is 3. The van der Waals surface area contributed by atoms with Crippen LogP contribution in [0.2, 0.25) is 10.0 Å². The number of hydrogen-bond acceptors (Lipinski definition) is 7. The first-order valence-corrected chi connectivity index (χ1v) is 10.1. The zero-order valence-corrected chi connectivity index (χ0v) is 18.5. The predicted molar refractivity (Wildman–Crippen MR) is 112 cm³/mol. The van der Waals surface area contributed by atoms with Crippen molar-refractivity contribution >= 4 is 57.4 Å². The van der Waals surface area contributed by atoms with Crippen molar-refractivity contribution in [2.24, 2.45) is 0 Å². The SMILES string of the molecule is CCOC(=O)c1sc(NC(=O)c2cc(Cl)cc(Cl)c2OC)c(C(=O)OCC)c1C. The highest BCUT2D eigenvalue weighted by Gasteiger charge is 2.28. The van der Waals surface area contributed by atoms with Gasteiger partial charge in [-0.25, -0.2) is 9.59 Å². The molecule has 1 aromatic heterocycles. The van der Waals surface area contributed by atoms with Crippen LogP contribution in [0.15, 0.2) is 12.1 Å². The first kappa shape index (κ1) is 23.0. The lowest BCUT2D eigenvalue weighted by atomic mass is 10.1. The van der Waals surface area contributed by atoms with E-state index in [0.717, 1.165) is 11.3 Å². The lowest BCUT2D eigenvalue weighted by molar-refractivity contribution is 0.0527. The number of rotatable bonds is 7. The summed E-state index contributed by atoms with van der Waals surface area (Å²) in [6, 6.07) is 2.83. The molecular formula is C19H19Cl2NO6S. The van der Waals surface area contributed by atoms with Gasteiger partial charge in [0.25, 0.3) is 5.91 Å². The molecule has 1 N–H and O–H groups in total. The largest absolute Gasteiger partial charge is 0.494 e. The molecular weight excluding hydrogens is 441 g/mol. The maximum atomic E-state index is 12.9. The molecule has 0 aliphatic heterocycles. The van der Waals surface area contributed by atoms with E-state index < -0.39 is 17.8 Å². The van der Waals surface area contributed by atoms with Crippen molar-refractivity contribution < 1.29 is 28.6 Å². The minimum atomic E-state index is -0.664. The lowest BCUT2D eigenvalue weighted by Gasteiger charge is -2.11. The van der Waals surface area contributed by atoms with Crippen LogP contribution in [0.4, 0.5) is 5.00 Å². The molecule has 0 saturated heterocycles. The zero-order chi connectivity index (χ0) is 21.7. The maximum Gasteiger partial charge on any atom is 0.348 e. The minimum Gasteiger partial charge on any atom is -0.494 e. The topological polar surface area (TPSA) is 90.9 Å². The fourth-order valence-corrected chi connectivity index (χ4v) is 4.20. The summed E-state index contributed by atoms with van der Waals surface area (Å²) in [6.45, 7) is 5.22. The molecule has 0 aliphatic rings. The van der Waals surface area contributed by atoms with E-state index >= 15 is 0 Å². The molecule has 156 valence electrons. The number of nitrogens with one attached hydrogen (secondary N) is 1. The summed E-state index contributed by atoms with van der Waals surface area (Å²) < 4.78 is 15.3. The second-order valence-corrected chi connectivity index (χ2v) is 7.49. The van der Waals surface area contributed by atoms with Crippen LogP contribution in [-0.2, 0) is 9.47 Å². The highest BCUT2D eigenvalue weighted by Crippen LogP contribution is 2.37. The van der Waals surface area contributed by atoms with Crippen LogP contribution < -0.4 is 10.1 Å². The van der Waals surface area contributed by atoms with Crippen LogP contribution in [0.1, 0.15) is 49.8 Å². The lowest BCUT2D eigenvalue weighted by Crippen LogP contribution is -2.16. The van der Waals surface area contributed by atoms with Crippen molar-refractivity contribution in [3.05, 3.63) is 43.7 Å². The van der Waals surface area contributed by atoms with Crippen molar-refractivity contribution in [1.82, 2.24) is 0 Å². The monoisotopic (exact) mass is 459 g/mol. The molecule has 2 aromatic rings. The highest BCUT2D eigenvalue weighted by atomic mass is 35.5. The van der Waals surface area contributed by atoms with E-state index in [4.69, 9.17) is 37.4 Å². The number of thiophene rings is 1. The molecule has 0 fully saturated rings. The number of amides is 1. The first-order chi connectivity index (χ1) is 13.7. The molecule has 7 nitrogen and oxygen atoms in total. The van der Waals surface area contributed by atoms with Crippen LogP contribution in [-0.4, -0.2) is 38.2 Å². The number of ether oxygens (including phenoxy) is 3. The van der Waals surface area contributed by atoms with E-state index in [-0.39, 0.29) is 50.0 Å². The van der Waals surface area contributed by atoms with Gasteiger partial charge in [-0.3, -0.25) is 4.79 Å².